The molecule has 5 atom stereocenters. The Hall–Kier alpha value is -3.24. The first-order chi connectivity index (χ1) is 15.5. The van der Waals surface area contributed by atoms with Gasteiger partial charge < -0.3 is 29.2 Å². The number of fused-ring (bicyclic) bond motifs is 1. The molecule has 180 valence electrons. The normalized spacial score (nSPS) is 31.2. The third-order valence-electron chi connectivity index (χ3n) is 5.38. The summed E-state index contributed by atoms with van der Waals surface area (Å²) in [6, 6.07) is 0. The Balaban J connectivity index is 2.79. The molecule has 10 nitrogen and oxygen atoms in total. The third kappa shape index (κ3) is 5.96. The second kappa shape index (κ2) is 11.1. The lowest BCUT2D eigenvalue weighted by Crippen LogP contribution is -2.46. The van der Waals surface area contributed by atoms with Gasteiger partial charge in [-0.15, -0.1) is 0 Å². The van der Waals surface area contributed by atoms with Crippen LogP contribution >= 0.6 is 0 Å². The smallest absolute Gasteiger partial charge is 0.337 e. The predicted octanol–water partition coefficient (Wildman–Crippen LogP) is 0.677. The van der Waals surface area contributed by atoms with E-state index in [0.29, 0.717) is 5.57 Å². The molecule has 1 aliphatic carbocycles. The molecule has 0 radical (unpaired) electrons. The van der Waals surface area contributed by atoms with Crippen LogP contribution in [0.15, 0.2) is 47.1 Å². The summed E-state index contributed by atoms with van der Waals surface area (Å²) in [4.78, 5) is 49.7. The van der Waals surface area contributed by atoms with Gasteiger partial charge in [-0.2, -0.15) is 0 Å². The standard InChI is InChI=1S/C23H28O10/c1-6-11(2)21(27)33-20-18-12(3)22(28)32-17(18)8-14(10-24)7-15(26)9-16(23(29)30-5)19(20)31-13(4)25/h6,8-9,15,17-20,24,26H,3,7,10H2,1-2,4-5H3/b11-6-,14-8+,16-9+/t15-,17+,18-,19-,20-/m0/s1. The molecule has 2 N–H and O–H groups in total. The van der Waals surface area contributed by atoms with Crippen molar-refractivity contribution in [3.05, 3.63) is 47.1 Å². The highest BCUT2D eigenvalue weighted by Crippen LogP contribution is 2.38. The Labute approximate surface area is 191 Å². The number of hydrogen-bond acceptors (Lipinski definition) is 10. The molecule has 0 unspecified atom stereocenters. The molecule has 1 saturated heterocycles. The van der Waals surface area contributed by atoms with E-state index in [1.54, 1.807) is 6.92 Å². The maximum atomic E-state index is 12.7. The predicted molar refractivity (Wildman–Crippen MR) is 113 cm³/mol. The first-order valence-corrected chi connectivity index (χ1v) is 10.2. The number of esters is 4. The van der Waals surface area contributed by atoms with Crippen molar-refractivity contribution in [2.24, 2.45) is 5.92 Å². The SMILES string of the molecule is C=C1C(=O)O[C@@H]2/C=C(/CO)C[C@H](O)/C=C(/C(=O)OC)[C@H](OC(C)=O)[C@@H](OC(=O)/C(C)=C\C)[C@@H]12. The minimum absolute atomic E-state index is 0.0769. The lowest BCUT2D eigenvalue weighted by atomic mass is 9.83. The highest BCUT2D eigenvalue weighted by atomic mass is 16.6. The summed E-state index contributed by atoms with van der Waals surface area (Å²) < 4.78 is 21.2. The Morgan fingerprint density at radius 2 is 1.91 bits per heavy atom. The summed E-state index contributed by atoms with van der Waals surface area (Å²) in [5.74, 6) is -4.41. The zero-order valence-electron chi connectivity index (χ0n) is 18.9. The molecule has 2 rings (SSSR count). The van der Waals surface area contributed by atoms with Gasteiger partial charge in [-0.05, 0) is 31.6 Å². The van der Waals surface area contributed by atoms with E-state index in [4.69, 9.17) is 18.9 Å². The topological polar surface area (TPSA) is 146 Å². The van der Waals surface area contributed by atoms with Gasteiger partial charge in [0.2, 0.25) is 0 Å². The molecule has 1 aliphatic heterocycles. The van der Waals surface area contributed by atoms with E-state index in [1.807, 2.05) is 0 Å². The maximum Gasteiger partial charge on any atom is 0.337 e. The van der Waals surface area contributed by atoms with Crippen molar-refractivity contribution in [2.45, 2.75) is 51.6 Å². The first kappa shape index (κ1) is 26.0. The van der Waals surface area contributed by atoms with Crippen LogP contribution < -0.4 is 0 Å². The van der Waals surface area contributed by atoms with Crippen LogP contribution in [0.5, 0.6) is 0 Å². The fourth-order valence-electron chi connectivity index (χ4n) is 3.62. The second-order valence-corrected chi connectivity index (χ2v) is 7.66. The molecular formula is C23H28O10. The van der Waals surface area contributed by atoms with Gasteiger partial charge in [0.05, 0.1) is 31.3 Å². The van der Waals surface area contributed by atoms with Gasteiger partial charge in [-0.25, -0.2) is 14.4 Å². The van der Waals surface area contributed by atoms with Gasteiger partial charge in [-0.1, -0.05) is 12.7 Å². The average Bonchev–Trinajstić information content (AvgIpc) is 3.04. The van der Waals surface area contributed by atoms with Crippen LogP contribution in [0.2, 0.25) is 0 Å². The molecule has 0 aromatic carbocycles. The van der Waals surface area contributed by atoms with E-state index in [2.05, 4.69) is 6.58 Å². The number of aliphatic hydroxyl groups is 2. The van der Waals surface area contributed by atoms with E-state index < -0.39 is 60.8 Å². The lowest BCUT2D eigenvalue weighted by molar-refractivity contribution is -0.167. The largest absolute Gasteiger partial charge is 0.466 e. The van der Waals surface area contributed by atoms with Crippen LogP contribution in [0.1, 0.15) is 27.2 Å². The van der Waals surface area contributed by atoms with Gasteiger partial charge in [0.15, 0.2) is 12.2 Å². The van der Waals surface area contributed by atoms with Gasteiger partial charge in [0, 0.05) is 24.5 Å². The summed E-state index contributed by atoms with van der Waals surface area (Å²) in [6.45, 7) is 7.47. The number of allylic oxidation sites excluding steroid dienone is 1. The van der Waals surface area contributed by atoms with Gasteiger partial charge in [0.1, 0.15) is 6.10 Å². The molecule has 1 fully saturated rings. The van der Waals surface area contributed by atoms with E-state index in [-0.39, 0.29) is 23.1 Å². The summed E-state index contributed by atoms with van der Waals surface area (Å²) in [5.41, 5.74) is 0.144. The van der Waals surface area contributed by atoms with Gasteiger partial charge >= 0.3 is 23.9 Å². The van der Waals surface area contributed by atoms with E-state index >= 15 is 0 Å². The number of carbonyl (C=O) groups excluding carboxylic acids is 4. The number of ether oxygens (including phenoxy) is 4. The molecule has 0 aromatic rings. The number of aliphatic hydroxyl groups excluding tert-OH is 2. The maximum absolute atomic E-state index is 12.7. The zero-order valence-corrected chi connectivity index (χ0v) is 18.9. The fraction of sp³-hybridized carbons (Fsp3) is 0.478. The summed E-state index contributed by atoms with van der Waals surface area (Å²) in [6.07, 6.45) is -1.47. The van der Waals surface area contributed by atoms with E-state index in [1.165, 1.54) is 19.1 Å². The molecule has 33 heavy (non-hydrogen) atoms. The molecule has 2 aliphatic rings. The summed E-state index contributed by atoms with van der Waals surface area (Å²) >= 11 is 0. The Morgan fingerprint density at radius 1 is 1.24 bits per heavy atom. The van der Waals surface area contributed by atoms with Crippen molar-refractivity contribution >= 4 is 23.9 Å². The number of carbonyl (C=O) groups is 4. The van der Waals surface area contributed by atoms with E-state index in [9.17, 15) is 29.4 Å². The highest BCUT2D eigenvalue weighted by molar-refractivity contribution is 5.93. The van der Waals surface area contributed by atoms with Crippen molar-refractivity contribution in [1.29, 1.82) is 0 Å². The Bertz CT molecular complexity index is 926. The summed E-state index contributed by atoms with van der Waals surface area (Å²) in [5, 5.41) is 20.3. The average molecular weight is 464 g/mol. The Morgan fingerprint density at radius 3 is 2.45 bits per heavy atom. The molecule has 10 heteroatoms. The third-order valence-corrected chi connectivity index (χ3v) is 5.38. The molecule has 0 bridgehead atoms. The lowest BCUT2D eigenvalue weighted by Gasteiger charge is -2.33. The first-order valence-electron chi connectivity index (χ1n) is 10.2. The molecule has 0 amide bonds. The summed E-state index contributed by atoms with van der Waals surface area (Å²) in [7, 11) is 1.09. The van der Waals surface area contributed by atoms with Crippen molar-refractivity contribution in [3.8, 4) is 0 Å². The van der Waals surface area contributed by atoms with Crippen LogP contribution in [0.25, 0.3) is 0 Å². The van der Waals surface area contributed by atoms with Gasteiger partial charge in [0.25, 0.3) is 0 Å². The fourth-order valence-corrected chi connectivity index (χ4v) is 3.62. The number of rotatable bonds is 5. The molecule has 1 heterocycles. The van der Waals surface area contributed by atoms with Gasteiger partial charge in [-0.3, -0.25) is 4.79 Å². The minimum Gasteiger partial charge on any atom is -0.466 e. The highest BCUT2D eigenvalue weighted by Gasteiger charge is 2.50. The quantitative estimate of drug-likeness (QED) is 0.258. The molecule has 0 aromatic heterocycles. The number of hydrogen-bond donors (Lipinski definition) is 2. The molecular weight excluding hydrogens is 436 g/mol. The monoisotopic (exact) mass is 464 g/mol. The van der Waals surface area contributed by atoms with Crippen LogP contribution in [0, 0.1) is 5.92 Å². The molecule has 0 spiro atoms. The van der Waals surface area contributed by atoms with Crippen LogP contribution in [0.3, 0.4) is 0 Å². The number of methoxy groups -OCH3 is 1. The minimum atomic E-state index is -1.55. The van der Waals surface area contributed by atoms with Crippen molar-refractivity contribution in [2.75, 3.05) is 13.7 Å². The van der Waals surface area contributed by atoms with E-state index in [0.717, 1.165) is 20.1 Å². The van der Waals surface area contributed by atoms with Crippen LogP contribution in [0.4, 0.5) is 0 Å². The zero-order chi connectivity index (χ0) is 24.9. The molecule has 0 saturated carbocycles. The van der Waals surface area contributed by atoms with Crippen LogP contribution in [-0.4, -0.2) is 72.2 Å². The van der Waals surface area contributed by atoms with Crippen molar-refractivity contribution in [1.82, 2.24) is 0 Å². The van der Waals surface area contributed by atoms with Crippen LogP contribution in [-0.2, 0) is 38.1 Å². The van der Waals surface area contributed by atoms with Crippen molar-refractivity contribution < 1.29 is 48.3 Å². The second-order valence-electron chi connectivity index (χ2n) is 7.66. The van der Waals surface area contributed by atoms with Crippen molar-refractivity contribution in [3.63, 3.8) is 0 Å². The Kier molecular flexibility index (Phi) is 8.72.